The number of nitrogens with zero attached hydrogens (tertiary/aromatic N) is 3. The van der Waals surface area contributed by atoms with Gasteiger partial charge in [-0.1, -0.05) is 29.8 Å². The molecule has 34 heavy (non-hydrogen) atoms. The van der Waals surface area contributed by atoms with Crippen LogP contribution >= 0.6 is 0 Å². The Morgan fingerprint density at radius 1 is 0.971 bits per heavy atom. The van der Waals surface area contributed by atoms with Gasteiger partial charge in [0, 0.05) is 23.2 Å². The van der Waals surface area contributed by atoms with Gasteiger partial charge in [-0.2, -0.15) is 0 Å². The minimum absolute atomic E-state index is 0.0110. The fraction of sp³-hybridized carbons (Fsp3) is 0.222. The molecule has 7 nitrogen and oxygen atoms in total. The molecule has 0 fully saturated rings. The van der Waals surface area contributed by atoms with Gasteiger partial charge in [0.1, 0.15) is 5.75 Å². The average molecular weight is 457 g/mol. The smallest absolute Gasteiger partial charge is 0.251 e. The van der Waals surface area contributed by atoms with E-state index in [1.54, 1.807) is 19.2 Å². The number of likely N-dealkylation sites (N-methyl/N-ethyl adjacent to an activating group) is 1. The maximum atomic E-state index is 12.8. The second kappa shape index (κ2) is 10.3. The number of rotatable bonds is 8. The molecular formula is C27H28N4O3. The van der Waals surface area contributed by atoms with E-state index in [1.165, 1.54) is 0 Å². The van der Waals surface area contributed by atoms with Gasteiger partial charge in [0.15, 0.2) is 0 Å². The molecule has 174 valence electrons. The van der Waals surface area contributed by atoms with Crippen molar-refractivity contribution in [3.63, 3.8) is 0 Å². The molecule has 4 rings (SSSR count). The number of hydrogen-bond acceptors (Lipinski definition) is 6. The molecule has 3 aromatic carbocycles. The van der Waals surface area contributed by atoms with E-state index in [4.69, 9.17) is 9.15 Å². The molecule has 0 aliphatic heterocycles. The lowest BCUT2D eigenvalue weighted by Crippen LogP contribution is -2.34. The monoisotopic (exact) mass is 456 g/mol. The van der Waals surface area contributed by atoms with Crippen LogP contribution in [-0.4, -0.2) is 48.8 Å². The predicted octanol–water partition coefficient (Wildman–Crippen LogP) is 4.75. The Bertz CT molecular complexity index is 1250. The maximum Gasteiger partial charge on any atom is 0.251 e. The van der Waals surface area contributed by atoms with E-state index in [9.17, 15) is 4.79 Å². The Kier molecular flexibility index (Phi) is 7.04. The summed E-state index contributed by atoms with van der Waals surface area (Å²) >= 11 is 0. The fourth-order valence-electron chi connectivity index (χ4n) is 3.66. The molecule has 1 amide bonds. The average Bonchev–Trinajstić information content (AvgIpc) is 3.35. The number of ether oxygens (including phenoxy) is 1. The molecular weight excluding hydrogens is 428 g/mol. The lowest BCUT2D eigenvalue weighted by Gasteiger charge is -2.25. The van der Waals surface area contributed by atoms with Crippen molar-refractivity contribution in [3.8, 4) is 28.7 Å². The van der Waals surface area contributed by atoms with E-state index in [0.29, 0.717) is 23.9 Å². The van der Waals surface area contributed by atoms with Crippen LogP contribution < -0.4 is 10.1 Å². The quantitative estimate of drug-likeness (QED) is 0.412. The van der Waals surface area contributed by atoms with Crippen LogP contribution in [0.1, 0.15) is 27.5 Å². The Labute approximate surface area is 199 Å². The number of amides is 1. The zero-order chi connectivity index (χ0) is 24.1. The summed E-state index contributed by atoms with van der Waals surface area (Å²) in [4.78, 5) is 14.9. The fourth-order valence-corrected chi connectivity index (χ4v) is 3.66. The molecule has 1 N–H and O–H groups in total. The molecule has 0 bridgehead atoms. The van der Waals surface area contributed by atoms with Crippen LogP contribution in [0.25, 0.3) is 22.9 Å². The summed E-state index contributed by atoms with van der Waals surface area (Å²) in [5.41, 5.74) is 4.42. The van der Waals surface area contributed by atoms with Crippen molar-refractivity contribution in [1.82, 2.24) is 20.4 Å². The highest BCUT2D eigenvalue weighted by atomic mass is 16.5. The summed E-state index contributed by atoms with van der Waals surface area (Å²) in [6.45, 7) is 2.49. The van der Waals surface area contributed by atoms with Crippen LogP contribution in [-0.2, 0) is 0 Å². The summed E-state index contributed by atoms with van der Waals surface area (Å²) in [6.07, 6.45) is 0. The Balaban J connectivity index is 1.42. The molecule has 1 unspecified atom stereocenters. The van der Waals surface area contributed by atoms with Crippen molar-refractivity contribution >= 4 is 5.91 Å². The van der Waals surface area contributed by atoms with Crippen molar-refractivity contribution in [3.05, 3.63) is 89.5 Å². The Hall–Kier alpha value is -3.97. The van der Waals surface area contributed by atoms with Crippen LogP contribution in [0.2, 0.25) is 0 Å². The van der Waals surface area contributed by atoms with E-state index in [2.05, 4.69) is 20.4 Å². The summed E-state index contributed by atoms with van der Waals surface area (Å²) in [7, 11) is 5.62. The minimum Gasteiger partial charge on any atom is -0.497 e. The van der Waals surface area contributed by atoms with Gasteiger partial charge in [0.05, 0.1) is 13.2 Å². The largest absolute Gasteiger partial charge is 0.497 e. The van der Waals surface area contributed by atoms with Crippen molar-refractivity contribution in [1.29, 1.82) is 0 Å². The number of carbonyl (C=O) groups is 1. The predicted molar refractivity (Wildman–Crippen MR) is 132 cm³/mol. The summed E-state index contributed by atoms with van der Waals surface area (Å²) in [5, 5.41) is 11.3. The molecule has 0 aliphatic carbocycles. The Morgan fingerprint density at radius 3 is 2.18 bits per heavy atom. The molecule has 0 aliphatic rings. The standard InChI is InChI=1S/C27H28N4O3/c1-18-8-10-20(11-9-18)26-29-30-27(34-26)21-14-12-19(13-15-21)25(32)28-17-24(31(2)3)22-6-5-7-23(16-22)33-4/h5-16,24H,17H2,1-4H3,(H,28,32). The number of benzene rings is 3. The van der Waals surface area contributed by atoms with E-state index in [1.807, 2.05) is 81.7 Å². The first-order valence-electron chi connectivity index (χ1n) is 11.0. The summed E-state index contributed by atoms with van der Waals surface area (Å²) < 4.78 is 11.2. The van der Waals surface area contributed by atoms with Crippen LogP contribution in [0, 0.1) is 6.92 Å². The first kappa shape index (κ1) is 23.2. The van der Waals surface area contributed by atoms with Gasteiger partial charge in [-0.3, -0.25) is 4.79 Å². The number of nitrogens with one attached hydrogen (secondary N) is 1. The minimum atomic E-state index is -0.146. The SMILES string of the molecule is COc1cccc(C(CNC(=O)c2ccc(-c3nnc(-c4ccc(C)cc4)o3)cc2)N(C)C)c1. The maximum absolute atomic E-state index is 12.8. The van der Waals surface area contributed by atoms with E-state index < -0.39 is 0 Å². The zero-order valence-corrected chi connectivity index (χ0v) is 19.8. The van der Waals surface area contributed by atoms with E-state index in [-0.39, 0.29) is 11.9 Å². The lowest BCUT2D eigenvalue weighted by molar-refractivity contribution is 0.0942. The second-order valence-electron chi connectivity index (χ2n) is 8.32. The van der Waals surface area contributed by atoms with E-state index >= 15 is 0 Å². The highest BCUT2D eigenvalue weighted by Crippen LogP contribution is 2.25. The number of aryl methyl sites for hydroxylation is 1. The van der Waals surface area contributed by atoms with Gasteiger partial charge >= 0.3 is 0 Å². The van der Waals surface area contributed by atoms with Crippen LogP contribution in [0.4, 0.5) is 0 Å². The zero-order valence-electron chi connectivity index (χ0n) is 19.8. The van der Waals surface area contributed by atoms with E-state index in [0.717, 1.165) is 28.0 Å². The molecule has 0 radical (unpaired) electrons. The number of methoxy groups -OCH3 is 1. The van der Waals surface area contributed by atoms with Gasteiger partial charge < -0.3 is 19.4 Å². The number of aromatic nitrogens is 2. The molecule has 4 aromatic rings. The molecule has 7 heteroatoms. The molecule has 1 atom stereocenters. The lowest BCUT2D eigenvalue weighted by atomic mass is 10.1. The van der Waals surface area contributed by atoms with Crippen LogP contribution in [0.5, 0.6) is 5.75 Å². The van der Waals surface area contributed by atoms with Gasteiger partial charge in [0.25, 0.3) is 5.91 Å². The third kappa shape index (κ3) is 5.32. The number of carbonyl (C=O) groups excluding carboxylic acids is 1. The van der Waals surface area contributed by atoms with Crippen LogP contribution in [0.3, 0.4) is 0 Å². The normalized spacial score (nSPS) is 11.9. The topological polar surface area (TPSA) is 80.5 Å². The summed E-state index contributed by atoms with van der Waals surface area (Å²) in [5.74, 6) is 1.52. The van der Waals surface area contributed by atoms with Gasteiger partial charge in [-0.25, -0.2) is 0 Å². The van der Waals surface area contributed by atoms with Gasteiger partial charge in [-0.15, -0.1) is 10.2 Å². The van der Waals surface area contributed by atoms with Gasteiger partial charge in [0.2, 0.25) is 11.8 Å². The first-order valence-corrected chi connectivity index (χ1v) is 11.0. The van der Waals surface area contributed by atoms with Crippen LogP contribution in [0.15, 0.2) is 77.2 Å². The molecule has 0 saturated carbocycles. The van der Waals surface area contributed by atoms with Crippen molar-refractivity contribution in [2.75, 3.05) is 27.7 Å². The second-order valence-corrected chi connectivity index (χ2v) is 8.32. The van der Waals surface area contributed by atoms with Crippen molar-refractivity contribution < 1.29 is 13.9 Å². The third-order valence-corrected chi connectivity index (χ3v) is 5.68. The van der Waals surface area contributed by atoms with Gasteiger partial charge in [-0.05, 0) is 75.1 Å². The highest BCUT2D eigenvalue weighted by Gasteiger charge is 2.17. The van der Waals surface area contributed by atoms with Crippen molar-refractivity contribution in [2.45, 2.75) is 13.0 Å². The number of hydrogen-bond donors (Lipinski definition) is 1. The first-order chi connectivity index (χ1) is 16.4. The molecule has 1 aromatic heterocycles. The molecule has 1 heterocycles. The molecule has 0 saturated heterocycles. The highest BCUT2D eigenvalue weighted by molar-refractivity contribution is 5.94. The summed E-state index contributed by atoms with van der Waals surface area (Å²) in [6, 6.07) is 22.9. The third-order valence-electron chi connectivity index (χ3n) is 5.68. The van der Waals surface area contributed by atoms with Crippen molar-refractivity contribution in [2.24, 2.45) is 0 Å². The Morgan fingerprint density at radius 2 is 1.59 bits per heavy atom. The molecule has 0 spiro atoms.